The van der Waals surface area contributed by atoms with Crippen LogP contribution in [0.25, 0.3) is 22.5 Å². The Morgan fingerprint density at radius 1 is 1.13 bits per heavy atom. The number of halogens is 2. The van der Waals surface area contributed by atoms with E-state index in [4.69, 9.17) is 27.7 Å². The van der Waals surface area contributed by atoms with Crippen molar-refractivity contribution in [3.63, 3.8) is 0 Å². The van der Waals surface area contributed by atoms with Crippen molar-refractivity contribution in [2.75, 3.05) is 0 Å². The Labute approximate surface area is 181 Å². The fraction of sp³-hybridized carbons (Fsp3) is 0.0476. The van der Waals surface area contributed by atoms with Crippen molar-refractivity contribution >= 4 is 35.3 Å². The first-order chi connectivity index (χ1) is 14.6. The van der Waals surface area contributed by atoms with E-state index in [2.05, 4.69) is 25.9 Å². The Bertz CT molecular complexity index is 1210. The molecular formula is C21H15Cl2N5O2. The summed E-state index contributed by atoms with van der Waals surface area (Å²) in [5, 5.41) is 15.7. The van der Waals surface area contributed by atoms with Gasteiger partial charge in [0.1, 0.15) is 17.0 Å². The molecule has 1 amide bonds. The standard InChI is InChI=1S/C21H15Cl2N5O2/c1-12-17(20(28-30-12)18-15(22)8-5-9-16(18)23)21(29)27-25-11-14-10-24-26-19(14)13-6-3-2-4-7-13/h2-11H,1H3,(H,24,26)(H,27,29)/b25-11+. The molecule has 4 rings (SSSR count). The van der Waals surface area contributed by atoms with E-state index >= 15 is 0 Å². The van der Waals surface area contributed by atoms with Crippen LogP contribution < -0.4 is 5.43 Å². The third-order valence-electron chi connectivity index (χ3n) is 4.39. The molecule has 150 valence electrons. The Balaban J connectivity index is 1.59. The highest BCUT2D eigenvalue weighted by Gasteiger charge is 2.24. The minimum atomic E-state index is -0.499. The number of aromatic amines is 1. The lowest BCUT2D eigenvalue weighted by Crippen LogP contribution is -2.19. The number of aromatic nitrogens is 3. The molecular weight excluding hydrogens is 425 g/mol. The number of rotatable bonds is 5. The van der Waals surface area contributed by atoms with Crippen LogP contribution in [0.4, 0.5) is 0 Å². The van der Waals surface area contributed by atoms with Crippen LogP contribution in [0.2, 0.25) is 10.0 Å². The summed E-state index contributed by atoms with van der Waals surface area (Å²) in [7, 11) is 0. The summed E-state index contributed by atoms with van der Waals surface area (Å²) in [5.74, 6) is -0.178. The number of hydrazone groups is 1. The molecule has 0 saturated heterocycles. The fourth-order valence-electron chi connectivity index (χ4n) is 2.98. The van der Waals surface area contributed by atoms with Gasteiger partial charge in [0, 0.05) is 16.7 Å². The predicted molar refractivity (Wildman–Crippen MR) is 116 cm³/mol. The van der Waals surface area contributed by atoms with Crippen molar-refractivity contribution in [1.82, 2.24) is 20.8 Å². The van der Waals surface area contributed by atoms with E-state index in [-0.39, 0.29) is 11.3 Å². The van der Waals surface area contributed by atoms with Crippen LogP contribution in [0, 0.1) is 6.92 Å². The zero-order valence-electron chi connectivity index (χ0n) is 15.7. The number of aryl methyl sites for hydroxylation is 1. The van der Waals surface area contributed by atoms with Gasteiger partial charge >= 0.3 is 0 Å². The van der Waals surface area contributed by atoms with E-state index in [1.165, 1.54) is 6.21 Å². The smallest absolute Gasteiger partial charge is 0.277 e. The Morgan fingerprint density at radius 2 is 1.87 bits per heavy atom. The molecule has 4 aromatic rings. The lowest BCUT2D eigenvalue weighted by atomic mass is 10.1. The van der Waals surface area contributed by atoms with Gasteiger partial charge in [0.25, 0.3) is 5.91 Å². The quantitative estimate of drug-likeness (QED) is 0.333. The largest absolute Gasteiger partial charge is 0.360 e. The Morgan fingerprint density at radius 3 is 2.60 bits per heavy atom. The van der Waals surface area contributed by atoms with E-state index in [1.807, 2.05) is 30.3 Å². The third kappa shape index (κ3) is 3.85. The van der Waals surface area contributed by atoms with Crippen LogP contribution in [0.15, 0.2) is 64.4 Å². The SMILES string of the molecule is Cc1onc(-c2c(Cl)cccc2Cl)c1C(=O)N/N=C/c1cn[nH]c1-c1ccccc1. The van der Waals surface area contributed by atoms with Gasteiger partial charge < -0.3 is 4.52 Å². The Kier molecular flexibility index (Phi) is 5.65. The van der Waals surface area contributed by atoms with Crippen molar-refractivity contribution in [2.45, 2.75) is 6.92 Å². The number of hydrogen-bond donors (Lipinski definition) is 2. The molecule has 0 unspecified atom stereocenters. The van der Waals surface area contributed by atoms with E-state index in [1.54, 1.807) is 31.3 Å². The molecule has 2 aromatic heterocycles. The number of amides is 1. The number of carbonyl (C=O) groups is 1. The van der Waals surface area contributed by atoms with Gasteiger partial charge in [0.15, 0.2) is 0 Å². The summed E-state index contributed by atoms with van der Waals surface area (Å²) in [6, 6.07) is 14.7. The van der Waals surface area contributed by atoms with Crippen LogP contribution >= 0.6 is 23.2 Å². The highest BCUT2D eigenvalue weighted by molar-refractivity contribution is 6.39. The lowest BCUT2D eigenvalue weighted by Gasteiger charge is -2.05. The highest BCUT2D eigenvalue weighted by Crippen LogP contribution is 2.36. The molecule has 2 aromatic carbocycles. The van der Waals surface area contributed by atoms with Crippen LogP contribution in [0.5, 0.6) is 0 Å². The Hall–Kier alpha value is -3.42. The minimum absolute atomic E-state index is 0.206. The third-order valence-corrected chi connectivity index (χ3v) is 5.02. The second-order valence-corrected chi connectivity index (χ2v) is 7.14. The molecule has 7 nitrogen and oxygen atoms in total. The van der Waals surface area contributed by atoms with E-state index in [9.17, 15) is 4.79 Å². The predicted octanol–water partition coefficient (Wildman–Crippen LogP) is 5.11. The summed E-state index contributed by atoms with van der Waals surface area (Å²) >= 11 is 12.5. The summed E-state index contributed by atoms with van der Waals surface area (Å²) in [6.07, 6.45) is 3.13. The second kappa shape index (κ2) is 8.52. The van der Waals surface area contributed by atoms with Crippen LogP contribution in [-0.2, 0) is 0 Å². The fourth-order valence-corrected chi connectivity index (χ4v) is 3.56. The van der Waals surface area contributed by atoms with Crippen LogP contribution in [0.3, 0.4) is 0 Å². The molecule has 0 radical (unpaired) electrons. The minimum Gasteiger partial charge on any atom is -0.360 e. The van der Waals surface area contributed by atoms with E-state index in [0.717, 1.165) is 16.8 Å². The number of hydrogen-bond acceptors (Lipinski definition) is 5. The molecule has 0 atom stereocenters. The summed E-state index contributed by atoms with van der Waals surface area (Å²) in [4.78, 5) is 12.8. The number of H-pyrrole nitrogens is 1. The van der Waals surface area contributed by atoms with Gasteiger partial charge in [-0.1, -0.05) is 64.8 Å². The number of benzene rings is 2. The molecule has 2 heterocycles. The monoisotopic (exact) mass is 439 g/mol. The maximum Gasteiger partial charge on any atom is 0.277 e. The van der Waals surface area contributed by atoms with Gasteiger partial charge in [-0.05, 0) is 19.1 Å². The maximum atomic E-state index is 12.8. The molecule has 2 N–H and O–H groups in total. The molecule has 0 spiro atoms. The van der Waals surface area contributed by atoms with E-state index < -0.39 is 5.91 Å². The normalized spacial score (nSPS) is 11.2. The van der Waals surface area contributed by atoms with Gasteiger partial charge in [0.05, 0.1) is 28.2 Å². The number of nitrogens with one attached hydrogen (secondary N) is 2. The highest BCUT2D eigenvalue weighted by atomic mass is 35.5. The zero-order chi connectivity index (χ0) is 21.1. The molecule has 0 saturated carbocycles. The van der Waals surface area contributed by atoms with Crippen LogP contribution in [-0.4, -0.2) is 27.5 Å². The molecule has 30 heavy (non-hydrogen) atoms. The molecule has 0 bridgehead atoms. The van der Waals surface area contributed by atoms with Crippen molar-refractivity contribution in [2.24, 2.45) is 5.10 Å². The molecule has 0 aliphatic carbocycles. The van der Waals surface area contributed by atoms with Crippen molar-refractivity contribution in [1.29, 1.82) is 0 Å². The number of carbonyl (C=O) groups excluding carboxylic acids is 1. The van der Waals surface area contributed by atoms with Gasteiger partial charge in [-0.15, -0.1) is 0 Å². The average molecular weight is 440 g/mol. The van der Waals surface area contributed by atoms with Gasteiger partial charge in [-0.2, -0.15) is 10.2 Å². The van der Waals surface area contributed by atoms with Gasteiger partial charge in [-0.3, -0.25) is 9.89 Å². The lowest BCUT2D eigenvalue weighted by molar-refractivity contribution is 0.0954. The van der Waals surface area contributed by atoms with Crippen molar-refractivity contribution in [3.8, 4) is 22.5 Å². The summed E-state index contributed by atoms with van der Waals surface area (Å²) in [5.41, 5.74) is 5.84. The van der Waals surface area contributed by atoms with E-state index in [0.29, 0.717) is 21.4 Å². The average Bonchev–Trinajstić information content (AvgIpc) is 3.35. The molecule has 0 fully saturated rings. The maximum absolute atomic E-state index is 12.8. The summed E-state index contributed by atoms with van der Waals surface area (Å²) in [6.45, 7) is 1.63. The first-order valence-corrected chi connectivity index (χ1v) is 9.64. The van der Waals surface area contributed by atoms with Gasteiger partial charge in [-0.25, -0.2) is 5.43 Å². The summed E-state index contributed by atoms with van der Waals surface area (Å²) < 4.78 is 5.22. The van der Waals surface area contributed by atoms with Crippen molar-refractivity contribution in [3.05, 3.63) is 81.7 Å². The topological polar surface area (TPSA) is 96.2 Å². The van der Waals surface area contributed by atoms with Crippen molar-refractivity contribution < 1.29 is 9.32 Å². The number of nitrogens with zero attached hydrogens (tertiary/aromatic N) is 3. The zero-order valence-corrected chi connectivity index (χ0v) is 17.2. The van der Waals surface area contributed by atoms with Crippen LogP contribution in [0.1, 0.15) is 21.7 Å². The molecule has 0 aliphatic rings. The van der Waals surface area contributed by atoms with Gasteiger partial charge in [0.2, 0.25) is 0 Å². The molecule has 0 aliphatic heterocycles. The first kappa shape index (κ1) is 19.9. The second-order valence-electron chi connectivity index (χ2n) is 6.32. The first-order valence-electron chi connectivity index (χ1n) is 8.89. The molecule has 9 heteroatoms.